The van der Waals surface area contributed by atoms with E-state index in [9.17, 15) is 14.8 Å². The summed E-state index contributed by atoms with van der Waals surface area (Å²) in [6, 6.07) is 16.2. The zero-order valence-electron chi connectivity index (χ0n) is 15.4. The number of nitrogens with zero attached hydrogens (tertiary/aromatic N) is 3. The van der Waals surface area contributed by atoms with Crippen molar-refractivity contribution in [2.75, 3.05) is 11.5 Å². The SMILES string of the molecule is CCc1csc(N2[C@H](CO)[C@H](c3ccc(-c4ccc(F)cc4)cc3)[C@@H]2C#N)n1. The molecule has 0 bridgehead atoms. The highest BCUT2D eigenvalue weighted by atomic mass is 32.1. The Morgan fingerprint density at radius 1 is 1.14 bits per heavy atom. The molecule has 28 heavy (non-hydrogen) atoms. The van der Waals surface area contributed by atoms with E-state index in [1.54, 1.807) is 12.1 Å². The number of anilines is 1. The monoisotopic (exact) mass is 393 g/mol. The minimum atomic E-state index is -0.357. The maximum atomic E-state index is 13.1. The molecule has 1 aliphatic rings. The molecule has 142 valence electrons. The number of aryl methyl sites for hydroxylation is 1. The van der Waals surface area contributed by atoms with Crippen LogP contribution in [-0.2, 0) is 6.42 Å². The minimum absolute atomic E-state index is 0.0381. The predicted molar refractivity (Wildman–Crippen MR) is 109 cm³/mol. The minimum Gasteiger partial charge on any atom is -0.394 e. The summed E-state index contributed by atoms with van der Waals surface area (Å²) in [5.74, 6) is -0.336. The van der Waals surface area contributed by atoms with Gasteiger partial charge in [0.1, 0.15) is 11.9 Å². The number of hydrogen-bond acceptors (Lipinski definition) is 5. The number of benzene rings is 2. The molecular weight excluding hydrogens is 373 g/mol. The van der Waals surface area contributed by atoms with E-state index in [4.69, 9.17) is 0 Å². The second-order valence-corrected chi connectivity index (χ2v) is 7.70. The third-order valence-corrected chi connectivity index (χ3v) is 6.23. The zero-order valence-corrected chi connectivity index (χ0v) is 16.2. The first-order valence-corrected chi connectivity index (χ1v) is 10.1. The van der Waals surface area contributed by atoms with E-state index in [2.05, 4.69) is 11.1 Å². The Morgan fingerprint density at radius 3 is 2.32 bits per heavy atom. The van der Waals surface area contributed by atoms with Gasteiger partial charge in [-0.3, -0.25) is 0 Å². The van der Waals surface area contributed by atoms with Gasteiger partial charge in [0, 0.05) is 11.3 Å². The number of nitriles is 1. The first-order chi connectivity index (χ1) is 13.7. The summed E-state index contributed by atoms with van der Waals surface area (Å²) in [5, 5.41) is 22.5. The Morgan fingerprint density at radius 2 is 1.79 bits per heavy atom. The molecule has 1 aromatic heterocycles. The average Bonchev–Trinajstić information content (AvgIpc) is 3.17. The van der Waals surface area contributed by atoms with E-state index < -0.39 is 0 Å². The maximum absolute atomic E-state index is 13.1. The zero-order chi connectivity index (χ0) is 19.7. The van der Waals surface area contributed by atoms with Crippen LogP contribution in [0.4, 0.5) is 9.52 Å². The molecule has 0 spiro atoms. The largest absolute Gasteiger partial charge is 0.394 e. The molecule has 4 rings (SSSR count). The molecule has 0 aliphatic carbocycles. The molecule has 1 aliphatic heterocycles. The summed E-state index contributed by atoms with van der Waals surface area (Å²) in [6.45, 7) is 2.01. The topological polar surface area (TPSA) is 60.1 Å². The smallest absolute Gasteiger partial charge is 0.186 e. The Hall–Kier alpha value is -2.75. The van der Waals surface area contributed by atoms with Crippen LogP contribution in [0.5, 0.6) is 0 Å². The van der Waals surface area contributed by atoms with Gasteiger partial charge in [0.25, 0.3) is 0 Å². The molecule has 0 amide bonds. The van der Waals surface area contributed by atoms with Crippen molar-refractivity contribution < 1.29 is 9.50 Å². The van der Waals surface area contributed by atoms with Crippen LogP contribution in [0.3, 0.4) is 0 Å². The van der Waals surface area contributed by atoms with Crippen LogP contribution in [0.15, 0.2) is 53.9 Å². The highest BCUT2D eigenvalue weighted by Crippen LogP contribution is 2.44. The number of aromatic nitrogens is 1. The highest BCUT2D eigenvalue weighted by Gasteiger charge is 2.50. The Balaban J connectivity index is 1.59. The molecule has 0 radical (unpaired) electrons. The molecule has 4 nitrogen and oxygen atoms in total. The highest BCUT2D eigenvalue weighted by molar-refractivity contribution is 7.13. The number of aliphatic hydroxyl groups excluding tert-OH is 1. The van der Waals surface area contributed by atoms with E-state index in [1.165, 1.54) is 23.5 Å². The van der Waals surface area contributed by atoms with Crippen LogP contribution in [0.1, 0.15) is 24.1 Å². The first-order valence-electron chi connectivity index (χ1n) is 9.25. The van der Waals surface area contributed by atoms with E-state index >= 15 is 0 Å². The van der Waals surface area contributed by atoms with Gasteiger partial charge in [-0.25, -0.2) is 9.37 Å². The predicted octanol–water partition coefficient (Wildman–Crippen LogP) is 4.37. The van der Waals surface area contributed by atoms with E-state index in [1.807, 2.05) is 41.5 Å². The van der Waals surface area contributed by atoms with Crippen LogP contribution in [-0.4, -0.2) is 28.8 Å². The van der Waals surface area contributed by atoms with Gasteiger partial charge in [0.2, 0.25) is 0 Å². The summed E-state index contributed by atoms with van der Waals surface area (Å²) in [4.78, 5) is 6.52. The summed E-state index contributed by atoms with van der Waals surface area (Å²) in [6.07, 6.45) is 0.847. The number of halogens is 1. The number of thiazole rings is 1. The average molecular weight is 393 g/mol. The second kappa shape index (κ2) is 7.70. The van der Waals surface area contributed by atoms with E-state index in [0.29, 0.717) is 0 Å². The van der Waals surface area contributed by atoms with Crippen LogP contribution in [0.2, 0.25) is 0 Å². The maximum Gasteiger partial charge on any atom is 0.186 e. The van der Waals surface area contributed by atoms with Crippen LogP contribution >= 0.6 is 11.3 Å². The Kier molecular flexibility index (Phi) is 5.12. The van der Waals surface area contributed by atoms with Gasteiger partial charge in [-0.1, -0.05) is 43.3 Å². The standard InChI is InChI=1S/C22H20FN3OS/c1-2-18-13-28-22(25-18)26-19(11-24)21(20(26)12-27)16-5-3-14(4-6-16)15-7-9-17(23)10-8-15/h3-10,13,19-21,27H,2,12H2,1H3/t19-,20+,21+/m0/s1. The van der Waals surface area contributed by atoms with Gasteiger partial charge < -0.3 is 10.0 Å². The number of hydrogen-bond donors (Lipinski definition) is 1. The molecule has 2 aromatic carbocycles. The number of aliphatic hydroxyl groups is 1. The molecule has 0 saturated carbocycles. The van der Waals surface area contributed by atoms with Gasteiger partial charge >= 0.3 is 0 Å². The van der Waals surface area contributed by atoms with Crippen molar-refractivity contribution in [3.63, 3.8) is 0 Å². The normalized spacial score (nSPS) is 21.2. The van der Waals surface area contributed by atoms with Crippen LogP contribution in [0.25, 0.3) is 11.1 Å². The van der Waals surface area contributed by atoms with Crippen molar-refractivity contribution in [3.8, 4) is 17.2 Å². The van der Waals surface area contributed by atoms with Crippen LogP contribution < -0.4 is 4.90 Å². The lowest BCUT2D eigenvalue weighted by Gasteiger charge is -2.51. The van der Waals surface area contributed by atoms with Crippen molar-refractivity contribution >= 4 is 16.5 Å². The van der Waals surface area contributed by atoms with Gasteiger partial charge in [0.05, 0.1) is 24.4 Å². The lowest BCUT2D eigenvalue weighted by molar-refractivity contribution is 0.187. The second-order valence-electron chi connectivity index (χ2n) is 6.86. The van der Waals surface area contributed by atoms with E-state index in [0.717, 1.165) is 33.9 Å². The Bertz CT molecular complexity index is 994. The molecule has 1 saturated heterocycles. The molecule has 1 N–H and O–H groups in total. The fourth-order valence-corrected chi connectivity index (χ4v) is 4.79. The number of rotatable bonds is 5. The third-order valence-electron chi connectivity index (χ3n) is 5.33. The van der Waals surface area contributed by atoms with Gasteiger partial charge in [-0.05, 0) is 35.2 Å². The summed E-state index contributed by atoms with van der Waals surface area (Å²) in [5.41, 5.74) is 3.94. The summed E-state index contributed by atoms with van der Waals surface area (Å²) < 4.78 is 13.1. The molecule has 2 heterocycles. The molecule has 0 unspecified atom stereocenters. The van der Waals surface area contributed by atoms with Crippen molar-refractivity contribution in [3.05, 3.63) is 71.0 Å². The molecule has 3 atom stereocenters. The summed E-state index contributed by atoms with van der Waals surface area (Å²) in [7, 11) is 0. The molecule has 6 heteroatoms. The Labute approximate surface area is 167 Å². The van der Waals surface area contributed by atoms with Crippen molar-refractivity contribution in [1.82, 2.24) is 4.98 Å². The quantitative estimate of drug-likeness (QED) is 0.699. The van der Waals surface area contributed by atoms with Gasteiger partial charge in [0.15, 0.2) is 5.13 Å². The van der Waals surface area contributed by atoms with Crippen molar-refractivity contribution in [2.45, 2.75) is 31.3 Å². The fraction of sp³-hybridized carbons (Fsp3) is 0.273. The lowest BCUT2D eigenvalue weighted by Crippen LogP contribution is -2.63. The third kappa shape index (κ3) is 3.17. The van der Waals surface area contributed by atoms with E-state index in [-0.39, 0.29) is 30.4 Å². The van der Waals surface area contributed by atoms with Gasteiger partial charge in [-0.2, -0.15) is 5.26 Å². The fourth-order valence-electron chi connectivity index (χ4n) is 3.79. The van der Waals surface area contributed by atoms with Crippen molar-refractivity contribution in [1.29, 1.82) is 5.26 Å². The lowest BCUT2D eigenvalue weighted by atomic mass is 9.76. The first kappa shape index (κ1) is 18.6. The van der Waals surface area contributed by atoms with Gasteiger partial charge in [-0.15, -0.1) is 11.3 Å². The molecular formula is C22H20FN3OS. The molecule has 1 fully saturated rings. The summed E-state index contributed by atoms with van der Waals surface area (Å²) >= 11 is 1.52. The molecule has 3 aromatic rings. The van der Waals surface area contributed by atoms with Crippen molar-refractivity contribution in [2.24, 2.45) is 0 Å². The van der Waals surface area contributed by atoms with Crippen LogP contribution in [0, 0.1) is 17.1 Å².